The topological polar surface area (TPSA) is 65.6 Å². The zero-order chi connectivity index (χ0) is 23.8. The van der Waals surface area contributed by atoms with Crippen LogP contribution in [0.5, 0.6) is 0 Å². The number of alkyl halides is 5. The molecular weight excluding hydrogens is 445 g/mol. The molecule has 0 radical (unpaired) electrons. The van der Waals surface area contributed by atoms with Gasteiger partial charge < -0.3 is 0 Å². The number of pyridine rings is 1. The molecule has 4 rings (SSSR count). The lowest BCUT2D eigenvalue weighted by molar-refractivity contribution is -0.138. The van der Waals surface area contributed by atoms with E-state index in [1.807, 2.05) is 0 Å². The van der Waals surface area contributed by atoms with E-state index in [4.69, 9.17) is 0 Å². The Hall–Kier alpha value is -3.11. The maximum absolute atomic E-state index is 13.6. The van der Waals surface area contributed by atoms with Gasteiger partial charge in [0.2, 0.25) is 0 Å². The Morgan fingerprint density at radius 3 is 2.55 bits per heavy atom. The molecule has 0 amide bonds. The Bertz CT molecular complexity index is 1190. The van der Waals surface area contributed by atoms with Gasteiger partial charge in [-0.15, -0.1) is 0 Å². The molecule has 0 N–H and O–H groups in total. The van der Waals surface area contributed by atoms with Crippen LogP contribution in [0, 0.1) is 0 Å². The Kier molecular flexibility index (Phi) is 6.31. The molecule has 3 aromatic rings. The Morgan fingerprint density at radius 2 is 1.88 bits per heavy atom. The zero-order valence-electron chi connectivity index (χ0n) is 17.8. The average Bonchev–Trinajstić information content (AvgIpc) is 3.17. The third-order valence-electron chi connectivity index (χ3n) is 5.88. The van der Waals surface area contributed by atoms with E-state index in [1.165, 1.54) is 30.2 Å². The summed E-state index contributed by atoms with van der Waals surface area (Å²) in [6.45, 7) is -0.535. The molecule has 33 heavy (non-hydrogen) atoms. The predicted octanol–water partition coefficient (Wildman–Crippen LogP) is 5.09. The largest absolute Gasteiger partial charge is 0.418 e. The van der Waals surface area contributed by atoms with Crippen molar-refractivity contribution in [3.05, 3.63) is 63.5 Å². The lowest BCUT2D eigenvalue weighted by Gasteiger charge is -2.22. The summed E-state index contributed by atoms with van der Waals surface area (Å²) >= 11 is 0. The van der Waals surface area contributed by atoms with Crippen LogP contribution in [-0.4, -0.2) is 24.5 Å². The van der Waals surface area contributed by atoms with Crippen molar-refractivity contribution in [2.24, 2.45) is 7.05 Å². The number of hydrogen-bond acceptors (Lipinski definition) is 4. The van der Waals surface area contributed by atoms with Gasteiger partial charge in [-0.05, 0) is 37.0 Å². The van der Waals surface area contributed by atoms with Crippen molar-refractivity contribution in [1.29, 1.82) is 0 Å². The van der Waals surface area contributed by atoms with Gasteiger partial charge in [0.05, 0.1) is 23.5 Å². The number of rotatable bonds is 5. The van der Waals surface area contributed by atoms with Gasteiger partial charge in [-0.2, -0.15) is 23.4 Å². The van der Waals surface area contributed by atoms with E-state index in [9.17, 15) is 26.7 Å². The molecule has 0 aliphatic heterocycles. The molecule has 0 bridgehead atoms. The van der Waals surface area contributed by atoms with Crippen LogP contribution in [0.2, 0.25) is 0 Å². The molecular formula is C22H22F5N5O. The summed E-state index contributed by atoms with van der Waals surface area (Å²) in [5.74, 6) is -0.114. The summed E-state index contributed by atoms with van der Waals surface area (Å²) in [4.78, 5) is 17.1. The summed E-state index contributed by atoms with van der Waals surface area (Å²) in [6, 6.07) is 3.53. The lowest BCUT2D eigenvalue weighted by atomic mass is 9.84. The maximum Gasteiger partial charge on any atom is 0.418 e. The molecule has 1 aliphatic carbocycles. The van der Waals surface area contributed by atoms with Gasteiger partial charge in [0.25, 0.3) is 12.0 Å². The van der Waals surface area contributed by atoms with Crippen LogP contribution in [-0.2, 0) is 19.8 Å². The van der Waals surface area contributed by atoms with E-state index < -0.39 is 36.0 Å². The molecule has 3 heterocycles. The molecule has 0 aromatic carbocycles. The first kappa shape index (κ1) is 23.1. The van der Waals surface area contributed by atoms with Crippen molar-refractivity contribution in [3.63, 3.8) is 0 Å². The van der Waals surface area contributed by atoms with E-state index >= 15 is 0 Å². The smallest absolute Gasteiger partial charge is 0.275 e. The number of aromatic nitrogens is 5. The first-order valence-corrected chi connectivity index (χ1v) is 10.6. The quantitative estimate of drug-likeness (QED) is 0.491. The molecule has 6 nitrogen and oxygen atoms in total. The Labute approximate surface area is 186 Å². The predicted molar refractivity (Wildman–Crippen MR) is 110 cm³/mol. The summed E-state index contributed by atoms with van der Waals surface area (Å²) < 4.78 is 69.7. The van der Waals surface area contributed by atoms with Crippen molar-refractivity contribution >= 4 is 0 Å². The maximum atomic E-state index is 13.6. The summed E-state index contributed by atoms with van der Waals surface area (Å²) in [5, 5.41) is 7.97. The molecule has 1 aliphatic rings. The van der Waals surface area contributed by atoms with Crippen molar-refractivity contribution < 1.29 is 22.0 Å². The van der Waals surface area contributed by atoms with E-state index in [-0.39, 0.29) is 22.9 Å². The Balaban J connectivity index is 1.87. The molecule has 0 unspecified atom stereocenters. The fraction of sp³-hybridized carbons (Fsp3) is 0.455. The third kappa shape index (κ3) is 4.81. The first-order valence-electron chi connectivity index (χ1n) is 10.6. The minimum absolute atomic E-state index is 0.0374. The van der Waals surface area contributed by atoms with E-state index in [2.05, 4.69) is 15.2 Å². The monoisotopic (exact) mass is 467 g/mol. The first-order chi connectivity index (χ1) is 15.6. The summed E-state index contributed by atoms with van der Waals surface area (Å²) in [5.41, 5.74) is -1.90. The molecule has 3 aromatic heterocycles. The highest BCUT2D eigenvalue weighted by Gasteiger charge is 2.34. The average molecular weight is 467 g/mol. The van der Waals surface area contributed by atoms with Crippen LogP contribution >= 0.6 is 0 Å². The van der Waals surface area contributed by atoms with Crippen LogP contribution < -0.4 is 5.56 Å². The highest BCUT2D eigenvalue weighted by molar-refractivity contribution is 5.62. The van der Waals surface area contributed by atoms with E-state index in [1.54, 1.807) is 0 Å². The van der Waals surface area contributed by atoms with E-state index in [0.29, 0.717) is 5.56 Å². The van der Waals surface area contributed by atoms with Crippen molar-refractivity contribution in [3.8, 4) is 11.3 Å². The van der Waals surface area contributed by atoms with Gasteiger partial charge in [-0.25, -0.2) is 13.5 Å². The molecule has 1 fully saturated rings. The second kappa shape index (κ2) is 9.03. The molecule has 11 heteroatoms. The molecule has 176 valence electrons. The second-order valence-electron chi connectivity index (χ2n) is 8.18. The zero-order valence-corrected chi connectivity index (χ0v) is 17.8. The summed E-state index contributed by atoms with van der Waals surface area (Å²) in [6.07, 6.45) is -0.634. The lowest BCUT2D eigenvalue weighted by Crippen LogP contribution is -2.30. The highest BCUT2D eigenvalue weighted by atomic mass is 19.4. The number of hydrogen-bond donors (Lipinski definition) is 0. The fourth-order valence-electron chi connectivity index (χ4n) is 4.34. The number of nitrogens with zero attached hydrogens (tertiary/aromatic N) is 5. The molecule has 0 spiro atoms. The number of halogens is 5. The molecule has 0 atom stereocenters. The molecule has 0 saturated heterocycles. The minimum atomic E-state index is -4.66. The van der Waals surface area contributed by atoms with E-state index in [0.717, 1.165) is 48.9 Å². The van der Waals surface area contributed by atoms with Crippen LogP contribution in [0.4, 0.5) is 22.0 Å². The second-order valence-corrected chi connectivity index (χ2v) is 8.18. The van der Waals surface area contributed by atoms with Crippen LogP contribution in [0.1, 0.15) is 67.0 Å². The molecule has 1 saturated carbocycles. The minimum Gasteiger partial charge on any atom is -0.275 e. The van der Waals surface area contributed by atoms with Gasteiger partial charge in [0.1, 0.15) is 5.69 Å². The standard InChI is InChI=1S/C22H22F5N5O/c1-31-11-15(19(30-31)20(23)24)17-10-14(13-6-3-2-4-7-13)21(33)32(29-17)12-18-16(22(25,26)27)8-5-9-28-18/h5,8-11,13,20H,2-4,6-7,12H2,1H3. The normalized spacial score (nSPS) is 15.4. The van der Waals surface area contributed by atoms with Gasteiger partial charge in [-0.1, -0.05) is 19.3 Å². The highest BCUT2D eigenvalue weighted by Crippen LogP contribution is 2.35. The van der Waals surface area contributed by atoms with Gasteiger partial charge in [-0.3, -0.25) is 14.5 Å². The van der Waals surface area contributed by atoms with Gasteiger partial charge in [0.15, 0.2) is 0 Å². The van der Waals surface area contributed by atoms with Crippen molar-refractivity contribution in [1.82, 2.24) is 24.5 Å². The van der Waals surface area contributed by atoms with Crippen LogP contribution in [0.15, 0.2) is 35.4 Å². The van der Waals surface area contributed by atoms with Gasteiger partial charge in [0, 0.05) is 30.6 Å². The fourth-order valence-corrected chi connectivity index (χ4v) is 4.34. The summed E-state index contributed by atoms with van der Waals surface area (Å²) in [7, 11) is 1.48. The van der Waals surface area contributed by atoms with Gasteiger partial charge >= 0.3 is 6.18 Å². The van der Waals surface area contributed by atoms with Crippen LogP contribution in [0.25, 0.3) is 11.3 Å². The third-order valence-corrected chi connectivity index (χ3v) is 5.88. The van der Waals surface area contributed by atoms with Crippen LogP contribution in [0.3, 0.4) is 0 Å². The van der Waals surface area contributed by atoms with Crippen molar-refractivity contribution in [2.45, 2.75) is 57.2 Å². The SMILES string of the molecule is Cn1cc(-c2cc(C3CCCCC3)c(=O)n(Cc3ncccc3C(F)(F)F)n2)c(C(F)F)n1. The Morgan fingerprint density at radius 1 is 1.15 bits per heavy atom. The van der Waals surface area contributed by atoms with Crippen molar-refractivity contribution in [2.75, 3.05) is 0 Å². The number of aryl methyl sites for hydroxylation is 1.